The molecule has 2 aromatic heterocycles. The van der Waals surface area contributed by atoms with Crippen LogP contribution in [-0.2, 0) is 0 Å². The first-order chi connectivity index (χ1) is 13.8. The van der Waals surface area contributed by atoms with Crippen molar-refractivity contribution in [3.63, 3.8) is 0 Å². The standard InChI is InChI=1S/C22H24N4O2/c1-28-19-9-6-17(7-10-19)20-5-3-2-4-13-26(20)22(27)18-8-11-21(24-15-18)25-14-12-23-16-25/h6-12,14-16,20H,2-5,13H2,1H3/t20-/m0/s1. The predicted molar refractivity (Wildman–Crippen MR) is 107 cm³/mol. The van der Waals surface area contributed by atoms with E-state index < -0.39 is 0 Å². The van der Waals surface area contributed by atoms with E-state index >= 15 is 0 Å². The molecule has 0 aliphatic carbocycles. The highest BCUT2D eigenvalue weighted by Gasteiger charge is 2.27. The lowest BCUT2D eigenvalue weighted by Crippen LogP contribution is -2.34. The van der Waals surface area contributed by atoms with Gasteiger partial charge in [0.2, 0.25) is 0 Å². The van der Waals surface area contributed by atoms with Gasteiger partial charge in [0, 0.05) is 25.1 Å². The monoisotopic (exact) mass is 376 g/mol. The van der Waals surface area contributed by atoms with Crippen molar-refractivity contribution in [2.24, 2.45) is 0 Å². The van der Waals surface area contributed by atoms with E-state index in [0.717, 1.165) is 49.4 Å². The summed E-state index contributed by atoms with van der Waals surface area (Å²) in [5.74, 6) is 1.61. The molecule has 1 aliphatic rings. The lowest BCUT2D eigenvalue weighted by Gasteiger charge is -2.30. The van der Waals surface area contributed by atoms with Crippen LogP contribution < -0.4 is 4.74 Å². The quantitative estimate of drug-likeness (QED) is 0.690. The summed E-state index contributed by atoms with van der Waals surface area (Å²) in [6, 6.07) is 11.8. The van der Waals surface area contributed by atoms with Gasteiger partial charge in [0.25, 0.3) is 5.91 Å². The Labute approximate surface area is 164 Å². The number of hydrogen-bond donors (Lipinski definition) is 0. The van der Waals surface area contributed by atoms with Gasteiger partial charge in [-0.3, -0.25) is 9.36 Å². The van der Waals surface area contributed by atoms with Crippen molar-refractivity contribution in [1.29, 1.82) is 0 Å². The third kappa shape index (κ3) is 3.76. The normalized spacial score (nSPS) is 17.2. The fourth-order valence-corrected chi connectivity index (χ4v) is 3.75. The molecule has 1 aromatic carbocycles. The van der Waals surface area contributed by atoms with E-state index in [2.05, 4.69) is 22.1 Å². The smallest absolute Gasteiger partial charge is 0.255 e. The molecule has 1 amide bonds. The van der Waals surface area contributed by atoms with Crippen molar-refractivity contribution in [2.45, 2.75) is 31.7 Å². The fraction of sp³-hybridized carbons (Fsp3) is 0.318. The maximum absolute atomic E-state index is 13.3. The molecule has 1 atom stereocenters. The second-order valence-corrected chi connectivity index (χ2v) is 7.01. The van der Waals surface area contributed by atoms with Gasteiger partial charge in [-0.25, -0.2) is 9.97 Å². The molecule has 6 heteroatoms. The van der Waals surface area contributed by atoms with Crippen LogP contribution in [0.1, 0.15) is 47.6 Å². The molecule has 0 radical (unpaired) electrons. The van der Waals surface area contributed by atoms with E-state index in [1.54, 1.807) is 25.8 Å². The number of pyridine rings is 1. The van der Waals surface area contributed by atoms with Crippen LogP contribution in [0.15, 0.2) is 61.3 Å². The first-order valence-corrected chi connectivity index (χ1v) is 9.65. The number of hydrogen-bond acceptors (Lipinski definition) is 4. The summed E-state index contributed by atoms with van der Waals surface area (Å²) >= 11 is 0. The number of methoxy groups -OCH3 is 1. The van der Waals surface area contributed by atoms with Crippen LogP contribution in [0.2, 0.25) is 0 Å². The summed E-state index contributed by atoms with van der Waals surface area (Å²) in [5, 5.41) is 0. The maximum Gasteiger partial charge on any atom is 0.255 e. The van der Waals surface area contributed by atoms with Crippen molar-refractivity contribution >= 4 is 5.91 Å². The lowest BCUT2D eigenvalue weighted by atomic mass is 10.00. The van der Waals surface area contributed by atoms with Gasteiger partial charge < -0.3 is 9.64 Å². The van der Waals surface area contributed by atoms with Gasteiger partial charge in [-0.2, -0.15) is 0 Å². The van der Waals surface area contributed by atoms with Gasteiger partial charge in [0.15, 0.2) is 0 Å². The van der Waals surface area contributed by atoms with Gasteiger partial charge >= 0.3 is 0 Å². The highest BCUT2D eigenvalue weighted by Crippen LogP contribution is 2.32. The third-order valence-corrected chi connectivity index (χ3v) is 5.28. The molecule has 0 N–H and O–H groups in total. The van der Waals surface area contributed by atoms with Crippen molar-refractivity contribution < 1.29 is 9.53 Å². The number of carbonyl (C=O) groups excluding carboxylic acids is 1. The topological polar surface area (TPSA) is 60.2 Å². The number of benzene rings is 1. The van der Waals surface area contributed by atoms with Crippen LogP contribution in [0.3, 0.4) is 0 Å². The molecule has 0 bridgehead atoms. The Morgan fingerprint density at radius 3 is 2.64 bits per heavy atom. The van der Waals surface area contributed by atoms with Gasteiger partial charge in [0.05, 0.1) is 18.7 Å². The zero-order valence-electron chi connectivity index (χ0n) is 16.0. The third-order valence-electron chi connectivity index (χ3n) is 5.28. The summed E-state index contributed by atoms with van der Waals surface area (Å²) < 4.78 is 7.09. The predicted octanol–water partition coefficient (Wildman–Crippen LogP) is 4.03. The highest BCUT2D eigenvalue weighted by atomic mass is 16.5. The number of carbonyl (C=O) groups is 1. The molecule has 144 valence electrons. The van der Waals surface area contributed by atoms with E-state index in [4.69, 9.17) is 4.74 Å². The SMILES string of the molecule is COc1ccc([C@@H]2CCCCCN2C(=O)c2ccc(-n3ccnc3)nc2)cc1. The van der Waals surface area contributed by atoms with E-state index in [0.29, 0.717) is 5.56 Å². The summed E-state index contributed by atoms with van der Waals surface area (Å²) in [7, 11) is 1.66. The van der Waals surface area contributed by atoms with Crippen LogP contribution >= 0.6 is 0 Å². The Bertz CT molecular complexity index is 905. The summed E-state index contributed by atoms with van der Waals surface area (Å²) in [4.78, 5) is 23.8. The van der Waals surface area contributed by atoms with Crippen LogP contribution in [0.5, 0.6) is 5.75 Å². The zero-order valence-corrected chi connectivity index (χ0v) is 16.0. The molecule has 28 heavy (non-hydrogen) atoms. The second-order valence-electron chi connectivity index (χ2n) is 7.01. The van der Waals surface area contributed by atoms with Crippen LogP contribution in [0, 0.1) is 0 Å². The van der Waals surface area contributed by atoms with Gasteiger partial charge in [-0.15, -0.1) is 0 Å². The molecule has 4 rings (SSSR count). The Hall–Kier alpha value is -3.15. The Morgan fingerprint density at radius 1 is 1.11 bits per heavy atom. The molecule has 3 heterocycles. The molecule has 0 saturated carbocycles. The molecule has 1 saturated heterocycles. The van der Waals surface area contributed by atoms with Crippen molar-refractivity contribution in [3.05, 3.63) is 72.4 Å². The summed E-state index contributed by atoms with van der Waals surface area (Å²) in [5.41, 5.74) is 1.77. The number of ether oxygens (including phenoxy) is 1. The molecular weight excluding hydrogens is 352 g/mol. The molecular formula is C22H24N4O2. The number of nitrogens with zero attached hydrogens (tertiary/aromatic N) is 4. The van der Waals surface area contributed by atoms with E-state index in [-0.39, 0.29) is 11.9 Å². The van der Waals surface area contributed by atoms with Gasteiger partial charge in [-0.05, 0) is 42.7 Å². The number of aromatic nitrogens is 3. The molecule has 0 spiro atoms. The van der Waals surface area contributed by atoms with Crippen molar-refractivity contribution in [2.75, 3.05) is 13.7 Å². The molecule has 1 fully saturated rings. The van der Waals surface area contributed by atoms with Crippen molar-refractivity contribution in [3.8, 4) is 11.6 Å². The second kappa shape index (κ2) is 8.25. The fourth-order valence-electron chi connectivity index (χ4n) is 3.75. The van der Waals surface area contributed by atoms with Crippen LogP contribution in [0.4, 0.5) is 0 Å². The minimum absolute atomic E-state index is 0.0346. The number of imidazole rings is 1. The molecule has 1 aliphatic heterocycles. The Morgan fingerprint density at radius 2 is 1.96 bits per heavy atom. The van der Waals surface area contributed by atoms with Gasteiger partial charge in [0.1, 0.15) is 17.9 Å². The summed E-state index contributed by atoms with van der Waals surface area (Å²) in [6.45, 7) is 0.763. The zero-order chi connectivity index (χ0) is 19.3. The largest absolute Gasteiger partial charge is 0.497 e. The first-order valence-electron chi connectivity index (χ1n) is 9.65. The molecule has 0 unspecified atom stereocenters. The van der Waals surface area contributed by atoms with E-state index in [1.165, 1.54) is 0 Å². The van der Waals surface area contributed by atoms with E-state index in [9.17, 15) is 4.79 Å². The Kier molecular flexibility index (Phi) is 5.37. The maximum atomic E-state index is 13.3. The number of likely N-dealkylation sites (tertiary alicyclic amines) is 1. The van der Waals surface area contributed by atoms with Gasteiger partial charge in [-0.1, -0.05) is 25.0 Å². The minimum Gasteiger partial charge on any atom is -0.497 e. The molecule has 6 nitrogen and oxygen atoms in total. The lowest BCUT2D eigenvalue weighted by molar-refractivity contribution is 0.0680. The average molecular weight is 376 g/mol. The first kappa shape index (κ1) is 18.2. The van der Waals surface area contributed by atoms with E-state index in [1.807, 2.05) is 39.9 Å². The Balaban J connectivity index is 1.59. The number of amides is 1. The average Bonchev–Trinajstić information content (AvgIpc) is 3.18. The van der Waals surface area contributed by atoms with Crippen LogP contribution in [0.25, 0.3) is 5.82 Å². The number of rotatable bonds is 4. The van der Waals surface area contributed by atoms with Crippen LogP contribution in [-0.4, -0.2) is 39.0 Å². The minimum atomic E-state index is 0.0346. The highest BCUT2D eigenvalue weighted by molar-refractivity contribution is 5.94. The summed E-state index contributed by atoms with van der Waals surface area (Å²) in [6.07, 6.45) is 11.2. The van der Waals surface area contributed by atoms with Crippen molar-refractivity contribution in [1.82, 2.24) is 19.4 Å². The molecule has 3 aromatic rings.